The van der Waals surface area contributed by atoms with Crippen molar-refractivity contribution in [2.24, 2.45) is 35.3 Å². The van der Waals surface area contributed by atoms with E-state index in [1.807, 2.05) is 82.3 Å². The number of esters is 1. The molecule has 17 nitrogen and oxygen atoms in total. The SMILES string of the molecule is C/C=C\[C@H]1C[C@@H](C(=O)N[C@@H](C[C@@H]2C[C@H]2[N+](=O)[O-])C(=O)N[C@H](C(=O)N[C@H](C(=O)OC(C2CC2)C2CC2)[C@@H](C)CC)C(C)c2ccccc2)N(C(=O)[C@@H](NC(=O)OCc2ccc(C)cc2)[C@@H](C)N)C1. The molecule has 1 heterocycles. The second kappa shape index (κ2) is 22.8. The van der Waals surface area contributed by atoms with Crippen LogP contribution in [0.1, 0.15) is 109 Å². The standard InChI is InChI=1S/C50H69N7O10/c1-7-12-33-23-40(56(26-33)48(61)43(31(6)51)55-50(63)66-27-32-17-15-28(3)16-18-32)46(59)52-38(24-37-25-39(37)57(64)65)45(58)54-42(30(5)34-13-10-9-11-14-34)47(60)53-41(29(4)8-2)49(62)67-44(35-19-20-35)36-21-22-36/h7,9-18,29-31,33,35-44H,8,19-27,51H2,1-6H3,(H,52,59)(H,53,60)(H,54,58)(H,55,63)/b12-7-/t29-,30?,31+,33-,37+,38-,39+,40-,41-,42-,43-/m0/s1. The van der Waals surface area contributed by atoms with Crippen molar-refractivity contribution in [1.29, 1.82) is 0 Å². The smallest absolute Gasteiger partial charge is 0.408 e. The summed E-state index contributed by atoms with van der Waals surface area (Å²) < 4.78 is 11.5. The molecule has 0 aromatic heterocycles. The van der Waals surface area contributed by atoms with E-state index in [1.165, 1.54) is 4.90 Å². The largest absolute Gasteiger partial charge is 0.460 e. The first-order valence-corrected chi connectivity index (χ1v) is 24.0. The zero-order valence-electron chi connectivity index (χ0n) is 39.6. The van der Waals surface area contributed by atoms with Crippen molar-refractivity contribution >= 4 is 35.7 Å². The fourth-order valence-corrected chi connectivity index (χ4v) is 9.08. The molecular weight excluding hydrogens is 859 g/mol. The number of likely N-dealkylation sites (tertiary alicyclic amines) is 1. The predicted molar refractivity (Wildman–Crippen MR) is 249 cm³/mol. The highest BCUT2D eigenvalue weighted by Crippen LogP contribution is 2.46. The molecule has 3 aliphatic carbocycles. The zero-order valence-corrected chi connectivity index (χ0v) is 39.6. The van der Waals surface area contributed by atoms with Crippen molar-refractivity contribution < 1.29 is 43.2 Å². The lowest BCUT2D eigenvalue weighted by molar-refractivity contribution is -0.498. The third-order valence-electron chi connectivity index (χ3n) is 13.9. The Morgan fingerprint density at radius 1 is 0.866 bits per heavy atom. The van der Waals surface area contributed by atoms with Crippen LogP contribution in [0.15, 0.2) is 66.7 Å². The Bertz CT molecular complexity index is 2100. The molecule has 67 heavy (non-hydrogen) atoms. The number of rotatable bonds is 23. The van der Waals surface area contributed by atoms with Crippen LogP contribution < -0.4 is 27.0 Å². The number of carbonyl (C=O) groups excluding carboxylic acids is 6. The lowest BCUT2D eigenvalue weighted by Gasteiger charge is -2.32. The summed E-state index contributed by atoms with van der Waals surface area (Å²) in [6.07, 6.45) is 7.42. The Morgan fingerprint density at radius 3 is 2.07 bits per heavy atom. The van der Waals surface area contributed by atoms with Crippen LogP contribution in [-0.2, 0) is 40.1 Å². The van der Waals surface area contributed by atoms with Crippen LogP contribution in [0.2, 0.25) is 0 Å². The summed E-state index contributed by atoms with van der Waals surface area (Å²) in [7, 11) is 0. The van der Waals surface area contributed by atoms with Crippen molar-refractivity contribution in [3.8, 4) is 0 Å². The third-order valence-corrected chi connectivity index (χ3v) is 13.9. The second-order valence-corrected chi connectivity index (χ2v) is 19.3. The molecule has 3 saturated carbocycles. The molecule has 1 aliphatic heterocycles. The van der Waals surface area contributed by atoms with E-state index in [1.54, 1.807) is 26.0 Å². The van der Waals surface area contributed by atoms with Gasteiger partial charge in [0, 0.05) is 35.8 Å². The quantitative estimate of drug-likeness (QED) is 0.0438. The van der Waals surface area contributed by atoms with Crippen molar-refractivity contribution in [2.75, 3.05) is 6.54 Å². The lowest BCUT2D eigenvalue weighted by Crippen LogP contribution is -2.61. The average molecular weight is 928 g/mol. The summed E-state index contributed by atoms with van der Waals surface area (Å²) in [6.45, 7) is 10.9. The number of allylic oxidation sites excluding steroid dienone is 1. The van der Waals surface area contributed by atoms with E-state index in [2.05, 4.69) is 21.3 Å². The molecule has 0 spiro atoms. The van der Waals surface area contributed by atoms with Crippen LogP contribution in [0.25, 0.3) is 0 Å². The number of nitrogens with zero attached hydrogens (tertiary/aromatic N) is 2. The van der Waals surface area contributed by atoms with Gasteiger partial charge in [0.2, 0.25) is 29.7 Å². The number of nitrogens with two attached hydrogens (primary N) is 1. The molecule has 11 atom stereocenters. The van der Waals surface area contributed by atoms with Crippen molar-refractivity contribution in [2.45, 2.75) is 154 Å². The molecule has 0 radical (unpaired) electrons. The van der Waals surface area contributed by atoms with Gasteiger partial charge in [-0.1, -0.05) is 99.5 Å². The van der Waals surface area contributed by atoms with E-state index >= 15 is 0 Å². The molecule has 2 aromatic rings. The monoisotopic (exact) mass is 928 g/mol. The summed E-state index contributed by atoms with van der Waals surface area (Å²) >= 11 is 0. The van der Waals surface area contributed by atoms with Gasteiger partial charge in [-0.05, 0) is 94.1 Å². The number of nitro groups is 1. The Kier molecular flexibility index (Phi) is 17.2. The first kappa shape index (κ1) is 50.6. The van der Waals surface area contributed by atoms with Crippen LogP contribution in [0, 0.1) is 46.6 Å². The summed E-state index contributed by atoms with van der Waals surface area (Å²) in [5, 5.41) is 23.0. The highest BCUT2D eigenvalue weighted by molar-refractivity contribution is 5.96. The summed E-state index contributed by atoms with van der Waals surface area (Å²) in [5.74, 6) is -4.33. The van der Waals surface area contributed by atoms with Crippen molar-refractivity contribution in [1.82, 2.24) is 26.2 Å². The van der Waals surface area contributed by atoms with Crippen molar-refractivity contribution in [3.63, 3.8) is 0 Å². The van der Waals surface area contributed by atoms with E-state index in [9.17, 15) is 38.9 Å². The van der Waals surface area contributed by atoms with E-state index in [0.717, 1.165) is 42.4 Å². The first-order chi connectivity index (χ1) is 32.0. The Balaban J connectivity index is 1.22. The minimum Gasteiger partial charge on any atom is -0.460 e. The lowest BCUT2D eigenvalue weighted by atomic mass is 9.91. The minimum atomic E-state index is -1.36. The molecule has 4 aliphatic rings. The van der Waals surface area contributed by atoms with Gasteiger partial charge in [0.15, 0.2) is 0 Å². The van der Waals surface area contributed by atoms with Gasteiger partial charge in [-0.2, -0.15) is 0 Å². The Hall–Kier alpha value is -5.84. The highest BCUT2D eigenvalue weighted by atomic mass is 16.6. The molecule has 5 amide bonds. The topological polar surface area (TPSA) is 241 Å². The summed E-state index contributed by atoms with van der Waals surface area (Å²) in [6, 6.07) is 8.66. The number of carbonyl (C=O) groups is 6. The fourth-order valence-electron chi connectivity index (χ4n) is 9.08. The Labute approximate surface area is 393 Å². The van der Waals surface area contributed by atoms with Gasteiger partial charge in [0.05, 0.1) is 0 Å². The minimum absolute atomic E-state index is 0.0509. The predicted octanol–water partition coefficient (Wildman–Crippen LogP) is 4.82. The molecule has 1 unspecified atom stereocenters. The maximum absolute atomic E-state index is 14.6. The van der Waals surface area contributed by atoms with E-state index in [4.69, 9.17) is 15.2 Å². The van der Waals surface area contributed by atoms with E-state index in [0.29, 0.717) is 18.3 Å². The molecule has 6 rings (SSSR count). The van der Waals surface area contributed by atoms with Gasteiger partial charge >= 0.3 is 12.1 Å². The molecule has 364 valence electrons. The molecule has 1 saturated heterocycles. The maximum Gasteiger partial charge on any atom is 0.408 e. The third kappa shape index (κ3) is 13.6. The van der Waals surface area contributed by atoms with Crippen LogP contribution in [0.5, 0.6) is 0 Å². The van der Waals surface area contributed by atoms with E-state index < -0.39 is 94.7 Å². The number of aryl methyl sites for hydroxylation is 1. The van der Waals surface area contributed by atoms with Crippen LogP contribution in [-0.4, -0.2) is 100 Å². The normalized spacial score (nSPS) is 23.2. The summed E-state index contributed by atoms with van der Waals surface area (Å²) in [5.41, 5.74) is 8.77. The molecule has 2 aromatic carbocycles. The average Bonchev–Trinajstić information content (AvgIpc) is 4.20. The number of amides is 5. The zero-order chi connectivity index (χ0) is 48.5. The maximum atomic E-state index is 14.6. The first-order valence-electron chi connectivity index (χ1n) is 24.0. The van der Waals surface area contributed by atoms with Crippen LogP contribution in [0.4, 0.5) is 4.79 Å². The van der Waals surface area contributed by atoms with Crippen LogP contribution >= 0.6 is 0 Å². The molecular formula is C50H69N7O10. The number of hydrogen-bond acceptors (Lipinski definition) is 11. The van der Waals surface area contributed by atoms with Crippen LogP contribution in [0.3, 0.4) is 0 Å². The number of alkyl carbamates (subject to hydrolysis) is 1. The van der Waals surface area contributed by atoms with Gasteiger partial charge in [-0.15, -0.1) is 0 Å². The van der Waals surface area contributed by atoms with Gasteiger partial charge in [0.1, 0.15) is 42.9 Å². The second-order valence-electron chi connectivity index (χ2n) is 19.3. The van der Waals surface area contributed by atoms with Crippen molar-refractivity contribution in [3.05, 3.63) is 93.6 Å². The Morgan fingerprint density at radius 2 is 1.51 bits per heavy atom. The number of benzene rings is 2. The molecule has 4 fully saturated rings. The number of ether oxygens (including phenoxy) is 2. The fraction of sp³-hybridized carbons (Fsp3) is 0.600. The number of nitrogens with one attached hydrogen (secondary N) is 4. The van der Waals surface area contributed by atoms with Gasteiger partial charge in [-0.3, -0.25) is 29.3 Å². The summed E-state index contributed by atoms with van der Waals surface area (Å²) in [4.78, 5) is 97.7. The molecule has 0 bridgehead atoms. The molecule has 17 heteroatoms. The van der Waals surface area contributed by atoms with Gasteiger partial charge < -0.3 is 41.4 Å². The van der Waals surface area contributed by atoms with E-state index in [-0.39, 0.29) is 50.4 Å². The van der Waals surface area contributed by atoms with Gasteiger partial charge in [0.25, 0.3) is 0 Å². The highest BCUT2D eigenvalue weighted by Gasteiger charge is 2.51. The van der Waals surface area contributed by atoms with Gasteiger partial charge in [-0.25, -0.2) is 9.59 Å². The number of hydrogen-bond donors (Lipinski definition) is 5. The molecule has 6 N–H and O–H groups in total.